The first kappa shape index (κ1) is 17.3. The molecule has 0 amide bonds. The molecule has 0 saturated carbocycles. The van der Waals surface area contributed by atoms with Crippen LogP contribution in [0.4, 0.5) is 24.8 Å². The van der Waals surface area contributed by atoms with Gasteiger partial charge in [-0.25, -0.2) is 14.4 Å². The van der Waals surface area contributed by atoms with Crippen molar-refractivity contribution in [3.63, 3.8) is 0 Å². The molecule has 0 bridgehead atoms. The molecule has 0 fully saturated rings. The average molecular weight is 391 g/mol. The molecule has 0 aliphatic carbocycles. The van der Waals surface area contributed by atoms with Gasteiger partial charge in [-0.1, -0.05) is 29.5 Å². The standard InChI is InChI=1S/C17H12F3N5OS/c1-26-12-7-3-2-6-11(12)15-23-24-10-14(22-16(24)27-15)25(17(18,19)20)13-8-4-5-9-21-13/h2-10H,1H3. The van der Waals surface area contributed by atoms with E-state index in [1.807, 2.05) is 18.2 Å². The fraction of sp³-hybridized carbons (Fsp3) is 0.118. The normalized spacial score (nSPS) is 11.7. The van der Waals surface area contributed by atoms with E-state index in [1.54, 1.807) is 19.2 Å². The van der Waals surface area contributed by atoms with Crippen molar-refractivity contribution in [1.29, 1.82) is 0 Å². The van der Waals surface area contributed by atoms with E-state index < -0.39 is 6.30 Å². The maximum atomic E-state index is 13.6. The zero-order valence-electron chi connectivity index (χ0n) is 13.9. The van der Waals surface area contributed by atoms with Crippen LogP contribution in [0.15, 0.2) is 54.9 Å². The second-order valence-corrected chi connectivity index (χ2v) is 6.38. The van der Waals surface area contributed by atoms with E-state index in [-0.39, 0.29) is 16.5 Å². The number of fused-ring (bicyclic) bond motifs is 1. The molecular formula is C17H12F3N5OS. The lowest BCUT2D eigenvalue weighted by molar-refractivity contribution is -0.121. The van der Waals surface area contributed by atoms with Crippen molar-refractivity contribution in [2.75, 3.05) is 12.0 Å². The van der Waals surface area contributed by atoms with Crippen LogP contribution in [-0.4, -0.2) is 33.0 Å². The van der Waals surface area contributed by atoms with Crippen molar-refractivity contribution in [1.82, 2.24) is 19.6 Å². The zero-order chi connectivity index (χ0) is 19.0. The number of anilines is 2. The highest BCUT2D eigenvalue weighted by atomic mass is 32.1. The van der Waals surface area contributed by atoms with Gasteiger partial charge in [0.05, 0.1) is 18.9 Å². The Labute approximate surface area is 155 Å². The molecule has 10 heteroatoms. The molecule has 4 aromatic rings. The Morgan fingerprint density at radius 1 is 1.07 bits per heavy atom. The lowest BCUT2D eigenvalue weighted by atomic mass is 10.2. The number of nitrogens with zero attached hydrogens (tertiary/aromatic N) is 5. The third-order valence-electron chi connectivity index (χ3n) is 3.73. The van der Waals surface area contributed by atoms with Gasteiger partial charge < -0.3 is 4.74 Å². The minimum Gasteiger partial charge on any atom is -0.496 e. The first-order valence-corrected chi connectivity index (χ1v) is 8.56. The van der Waals surface area contributed by atoms with Crippen LogP contribution in [0.5, 0.6) is 5.75 Å². The van der Waals surface area contributed by atoms with Crippen LogP contribution in [0.2, 0.25) is 0 Å². The summed E-state index contributed by atoms with van der Waals surface area (Å²) in [6.45, 7) is 0. The summed E-state index contributed by atoms with van der Waals surface area (Å²) in [6, 6.07) is 11.6. The largest absolute Gasteiger partial charge is 0.496 e. The van der Waals surface area contributed by atoms with Gasteiger partial charge >= 0.3 is 6.30 Å². The molecule has 0 atom stereocenters. The van der Waals surface area contributed by atoms with Crippen LogP contribution in [0.25, 0.3) is 15.5 Å². The molecule has 1 aromatic carbocycles. The number of alkyl halides is 3. The molecule has 0 aliphatic heterocycles. The Bertz CT molecular complexity index is 1050. The predicted octanol–water partition coefficient (Wildman–Crippen LogP) is 4.52. The Kier molecular flexibility index (Phi) is 4.19. The first-order valence-electron chi connectivity index (χ1n) is 7.75. The van der Waals surface area contributed by atoms with E-state index in [2.05, 4.69) is 15.1 Å². The number of rotatable bonds is 4. The van der Waals surface area contributed by atoms with E-state index in [0.29, 0.717) is 15.7 Å². The molecule has 4 rings (SSSR count). The SMILES string of the molecule is COc1ccccc1-c1nn2cc(N(c3ccccn3)C(F)(F)F)nc2s1. The molecule has 6 nitrogen and oxygen atoms in total. The molecular weight excluding hydrogens is 379 g/mol. The van der Waals surface area contributed by atoms with Gasteiger partial charge in [0.2, 0.25) is 4.96 Å². The Hall–Kier alpha value is -3.14. The van der Waals surface area contributed by atoms with Crippen molar-refractivity contribution in [2.24, 2.45) is 0 Å². The quantitative estimate of drug-likeness (QED) is 0.479. The zero-order valence-corrected chi connectivity index (χ0v) is 14.7. The highest BCUT2D eigenvalue weighted by Crippen LogP contribution is 2.37. The lowest BCUT2D eigenvalue weighted by Gasteiger charge is -2.23. The van der Waals surface area contributed by atoms with Gasteiger partial charge in [-0.3, -0.25) is 0 Å². The van der Waals surface area contributed by atoms with Crippen LogP contribution >= 0.6 is 11.3 Å². The summed E-state index contributed by atoms with van der Waals surface area (Å²) in [5, 5.41) is 4.94. The van der Waals surface area contributed by atoms with Gasteiger partial charge in [0.25, 0.3) is 0 Å². The molecule has 0 saturated heterocycles. The number of pyridine rings is 1. The smallest absolute Gasteiger partial charge is 0.491 e. The maximum absolute atomic E-state index is 13.6. The number of ether oxygens (including phenoxy) is 1. The van der Waals surface area contributed by atoms with Gasteiger partial charge in [-0.2, -0.15) is 10.1 Å². The Balaban J connectivity index is 1.77. The molecule has 138 valence electrons. The number of benzene rings is 1. The van der Waals surface area contributed by atoms with E-state index in [1.165, 1.54) is 40.4 Å². The highest BCUT2D eigenvalue weighted by Gasteiger charge is 2.41. The maximum Gasteiger partial charge on any atom is 0.491 e. The molecule has 3 aromatic heterocycles. The molecule has 0 spiro atoms. The predicted molar refractivity (Wildman–Crippen MR) is 95.3 cm³/mol. The van der Waals surface area contributed by atoms with Gasteiger partial charge in [0.15, 0.2) is 10.8 Å². The van der Waals surface area contributed by atoms with E-state index in [4.69, 9.17) is 4.74 Å². The van der Waals surface area contributed by atoms with Crippen molar-refractivity contribution in [3.05, 3.63) is 54.9 Å². The molecule has 27 heavy (non-hydrogen) atoms. The summed E-state index contributed by atoms with van der Waals surface area (Å²) >= 11 is 1.17. The number of para-hydroxylation sites is 1. The van der Waals surface area contributed by atoms with Crippen LogP contribution in [0.3, 0.4) is 0 Å². The molecule has 0 N–H and O–H groups in total. The minimum absolute atomic E-state index is 0.122. The summed E-state index contributed by atoms with van der Waals surface area (Å²) in [4.78, 5) is 8.34. The summed E-state index contributed by atoms with van der Waals surface area (Å²) < 4.78 is 47.3. The lowest BCUT2D eigenvalue weighted by Crippen LogP contribution is -2.34. The van der Waals surface area contributed by atoms with E-state index >= 15 is 0 Å². The van der Waals surface area contributed by atoms with Crippen LogP contribution in [-0.2, 0) is 0 Å². The monoisotopic (exact) mass is 391 g/mol. The number of imidazole rings is 1. The fourth-order valence-electron chi connectivity index (χ4n) is 2.59. The highest BCUT2D eigenvalue weighted by molar-refractivity contribution is 7.19. The van der Waals surface area contributed by atoms with Crippen LogP contribution in [0, 0.1) is 0 Å². The second kappa shape index (κ2) is 6.54. The Morgan fingerprint density at radius 3 is 2.52 bits per heavy atom. The number of halogens is 3. The van der Waals surface area contributed by atoms with Crippen LogP contribution < -0.4 is 9.64 Å². The third kappa shape index (κ3) is 3.19. The number of methoxy groups -OCH3 is 1. The topological polar surface area (TPSA) is 55.6 Å². The second-order valence-electron chi connectivity index (χ2n) is 5.42. The van der Waals surface area contributed by atoms with Crippen LogP contribution in [0.1, 0.15) is 0 Å². The van der Waals surface area contributed by atoms with E-state index in [0.717, 1.165) is 5.56 Å². The summed E-state index contributed by atoms with van der Waals surface area (Å²) in [5.41, 5.74) is 0.745. The fourth-order valence-corrected chi connectivity index (χ4v) is 3.50. The van der Waals surface area contributed by atoms with Gasteiger partial charge in [0, 0.05) is 6.20 Å². The molecule has 3 heterocycles. The molecule has 0 unspecified atom stereocenters. The van der Waals surface area contributed by atoms with Gasteiger partial charge in [-0.15, -0.1) is 13.2 Å². The Morgan fingerprint density at radius 2 is 1.85 bits per heavy atom. The summed E-state index contributed by atoms with van der Waals surface area (Å²) in [7, 11) is 1.55. The number of aromatic nitrogens is 4. The van der Waals surface area contributed by atoms with Crippen molar-refractivity contribution >= 4 is 27.9 Å². The first-order chi connectivity index (χ1) is 13.0. The molecule has 0 aliphatic rings. The summed E-state index contributed by atoms with van der Waals surface area (Å²) in [6.07, 6.45) is -2.15. The van der Waals surface area contributed by atoms with E-state index in [9.17, 15) is 13.2 Å². The number of hydrogen-bond acceptors (Lipinski definition) is 6. The average Bonchev–Trinajstić information content (AvgIpc) is 3.20. The third-order valence-corrected chi connectivity index (χ3v) is 4.68. The van der Waals surface area contributed by atoms with Crippen molar-refractivity contribution in [3.8, 4) is 16.3 Å². The minimum atomic E-state index is -4.68. The number of hydrogen-bond donors (Lipinski definition) is 0. The van der Waals surface area contributed by atoms with Gasteiger partial charge in [-0.05, 0) is 24.3 Å². The van der Waals surface area contributed by atoms with Gasteiger partial charge in [0.1, 0.15) is 11.6 Å². The summed E-state index contributed by atoms with van der Waals surface area (Å²) in [5.74, 6) is 0.0624. The van der Waals surface area contributed by atoms with Crippen molar-refractivity contribution in [2.45, 2.75) is 6.30 Å². The van der Waals surface area contributed by atoms with Crippen molar-refractivity contribution < 1.29 is 17.9 Å². The molecule has 0 radical (unpaired) electrons.